The van der Waals surface area contributed by atoms with Crippen molar-refractivity contribution in [3.63, 3.8) is 0 Å². The summed E-state index contributed by atoms with van der Waals surface area (Å²) < 4.78 is 2.18. The molecule has 0 aliphatic carbocycles. The van der Waals surface area contributed by atoms with Crippen LogP contribution in [0.3, 0.4) is 0 Å². The molecule has 0 aliphatic rings. The highest BCUT2D eigenvalue weighted by molar-refractivity contribution is 5.98. The van der Waals surface area contributed by atoms with Crippen LogP contribution in [0, 0.1) is 0 Å². The monoisotopic (exact) mass is 371 g/mol. The summed E-state index contributed by atoms with van der Waals surface area (Å²) in [6.45, 7) is 0. The standard InChI is InChI=1S/C26H17N3/c1-2-9-18(10-3-1)19-11-8-12-20(17-19)25-27-22-14-5-4-13-21(22)26-28-23-15-6-7-16-24(23)29(25)26/h1-17H. The summed E-state index contributed by atoms with van der Waals surface area (Å²) in [5.41, 5.74) is 7.39. The van der Waals surface area contributed by atoms with E-state index >= 15 is 0 Å². The fourth-order valence-electron chi connectivity index (χ4n) is 4.01. The Morgan fingerprint density at radius 3 is 2.10 bits per heavy atom. The lowest BCUT2D eigenvalue weighted by molar-refractivity contribution is 1.16. The van der Waals surface area contributed by atoms with Gasteiger partial charge in [0.05, 0.1) is 16.6 Å². The number of nitrogens with zero attached hydrogens (tertiary/aromatic N) is 3. The van der Waals surface area contributed by atoms with Crippen LogP contribution in [0.2, 0.25) is 0 Å². The van der Waals surface area contributed by atoms with Crippen LogP contribution in [-0.4, -0.2) is 14.4 Å². The van der Waals surface area contributed by atoms with E-state index in [-0.39, 0.29) is 0 Å². The van der Waals surface area contributed by atoms with Crippen LogP contribution in [0.25, 0.3) is 50.1 Å². The summed E-state index contributed by atoms with van der Waals surface area (Å²) in [4.78, 5) is 9.99. The van der Waals surface area contributed by atoms with Crippen LogP contribution in [-0.2, 0) is 0 Å². The molecule has 0 bridgehead atoms. The van der Waals surface area contributed by atoms with Crippen molar-refractivity contribution in [3.8, 4) is 22.5 Å². The zero-order valence-corrected chi connectivity index (χ0v) is 15.7. The third kappa shape index (κ3) is 2.52. The maximum absolute atomic E-state index is 5.05. The van der Waals surface area contributed by atoms with E-state index in [4.69, 9.17) is 9.97 Å². The van der Waals surface area contributed by atoms with Gasteiger partial charge in [0.25, 0.3) is 0 Å². The molecule has 2 heterocycles. The fourth-order valence-corrected chi connectivity index (χ4v) is 4.01. The Balaban J connectivity index is 1.71. The zero-order chi connectivity index (χ0) is 19.2. The van der Waals surface area contributed by atoms with Gasteiger partial charge in [-0.2, -0.15) is 0 Å². The van der Waals surface area contributed by atoms with E-state index in [1.54, 1.807) is 0 Å². The van der Waals surface area contributed by atoms with Gasteiger partial charge in [-0.15, -0.1) is 0 Å². The van der Waals surface area contributed by atoms with E-state index in [0.29, 0.717) is 0 Å². The molecular formula is C26H17N3. The van der Waals surface area contributed by atoms with Crippen LogP contribution in [0.15, 0.2) is 103 Å². The predicted octanol–water partition coefficient (Wildman–Crippen LogP) is 6.37. The van der Waals surface area contributed by atoms with Crippen molar-refractivity contribution in [2.75, 3.05) is 0 Å². The molecule has 0 saturated carbocycles. The van der Waals surface area contributed by atoms with E-state index in [2.05, 4.69) is 83.3 Å². The molecule has 0 unspecified atom stereocenters. The van der Waals surface area contributed by atoms with Gasteiger partial charge in [-0.1, -0.05) is 72.8 Å². The van der Waals surface area contributed by atoms with E-state index in [1.165, 1.54) is 11.1 Å². The van der Waals surface area contributed by atoms with E-state index < -0.39 is 0 Å². The van der Waals surface area contributed by atoms with Gasteiger partial charge in [0.2, 0.25) is 0 Å². The lowest BCUT2D eigenvalue weighted by Gasteiger charge is -2.10. The number of hydrogen-bond donors (Lipinski definition) is 0. The molecule has 3 heteroatoms. The van der Waals surface area contributed by atoms with Crippen molar-refractivity contribution >= 4 is 27.6 Å². The van der Waals surface area contributed by atoms with Crippen LogP contribution in [0.1, 0.15) is 0 Å². The molecule has 4 aromatic carbocycles. The minimum absolute atomic E-state index is 0.908. The Bertz CT molecular complexity index is 1500. The topological polar surface area (TPSA) is 30.2 Å². The highest BCUT2D eigenvalue weighted by atomic mass is 15.1. The summed E-state index contributed by atoms with van der Waals surface area (Å²) in [7, 11) is 0. The second-order valence-corrected chi connectivity index (χ2v) is 7.16. The van der Waals surface area contributed by atoms with Crippen molar-refractivity contribution in [2.45, 2.75) is 0 Å². The zero-order valence-electron chi connectivity index (χ0n) is 15.7. The van der Waals surface area contributed by atoms with Crippen LogP contribution < -0.4 is 0 Å². The fraction of sp³-hybridized carbons (Fsp3) is 0. The van der Waals surface area contributed by atoms with Gasteiger partial charge in [-0.3, -0.25) is 4.40 Å². The molecule has 0 N–H and O–H groups in total. The highest BCUT2D eigenvalue weighted by Crippen LogP contribution is 2.31. The van der Waals surface area contributed by atoms with Crippen molar-refractivity contribution in [3.05, 3.63) is 103 Å². The van der Waals surface area contributed by atoms with Crippen molar-refractivity contribution < 1.29 is 0 Å². The Hall–Kier alpha value is -3.98. The van der Waals surface area contributed by atoms with Gasteiger partial charge in [-0.25, -0.2) is 9.97 Å². The molecule has 0 saturated heterocycles. The quantitative estimate of drug-likeness (QED) is 0.354. The van der Waals surface area contributed by atoms with Crippen molar-refractivity contribution in [1.82, 2.24) is 14.4 Å². The lowest BCUT2D eigenvalue weighted by Crippen LogP contribution is -1.98. The lowest BCUT2D eigenvalue weighted by atomic mass is 10.0. The second-order valence-electron chi connectivity index (χ2n) is 7.16. The molecule has 0 amide bonds. The minimum atomic E-state index is 0.908. The second kappa shape index (κ2) is 6.28. The summed E-state index contributed by atoms with van der Waals surface area (Å²) >= 11 is 0. The van der Waals surface area contributed by atoms with Crippen LogP contribution in [0.5, 0.6) is 0 Å². The number of aromatic nitrogens is 3. The van der Waals surface area contributed by atoms with Crippen molar-refractivity contribution in [1.29, 1.82) is 0 Å². The van der Waals surface area contributed by atoms with Crippen LogP contribution in [0.4, 0.5) is 0 Å². The van der Waals surface area contributed by atoms with Gasteiger partial charge >= 0.3 is 0 Å². The van der Waals surface area contributed by atoms with Gasteiger partial charge in [0.1, 0.15) is 11.5 Å². The smallest absolute Gasteiger partial charge is 0.149 e. The Kier molecular flexibility index (Phi) is 3.47. The predicted molar refractivity (Wildman–Crippen MR) is 119 cm³/mol. The molecule has 6 rings (SSSR count). The maximum atomic E-state index is 5.05. The maximum Gasteiger partial charge on any atom is 0.149 e. The molecule has 0 atom stereocenters. The highest BCUT2D eigenvalue weighted by Gasteiger charge is 2.15. The summed E-state index contributed by atoms with van der Waals surface area (Å²) in [5, 5.41) is 1.06. The SMILES string of the molecule is c1ccc(-c2cccc(-c3nc4ccccc4c4nc5ccccc5n34)c2)cc1. The van der Waals surface area contributed by atoms with Gasteiger partial charge in [0.15, 0.2) is 0 Å². The number of benzene rings is 4. The Labute approximate surface area is 167 Å². The molecule has 136 valence electrons. The average molecular weight is 371 g/mol. The number of rotatable bonds is 2. The molecule has 0 fully saturated rings. The molecule has 0 spiro atoms. The number of hydrogen-bond acceptors (Lipinski definition) is 2. The molecular weight excluding hydrogens is 354 g/mol. The van der Waals surface area contributed by atoms with Gasteiger partial charge in [-0.05, 0) is 41.5 Å². The van der Waals surface area contributed by atoms with Gasteiger partial charge < -0.3 is 0 Å². The first-order valence-corrected chi connectivity index (χ1v) is 9.70. The number of fused-ring (bicyclic) bond motifs is 5. The molecule has 6 aromatic rings. The Morgan fingerprint density at radius 2 is 1.21 bits per heavy atom. The van der Waals surface area contributed by atoms with E-state index in [0.717, 1.165) is 39.0 Å². The first kappa shape index (κ1) is 16.0. The summed E-state index contributed by atoms with van der Waals surface area (Å²) in [6.07, 6.45) is 0. The average Bonchev–Trinajstić information content (AvgIpc) is 3.19. The summed E-state index contributed by atoms with van der Waals surface area (Å²) in [6, 6.07) is 35.5. The number of para-hydroxylation sites is 3. The minimum Gasteiger partial charge on any atom is -0.276 e. The number of imidazole rings is 1. The Morgan fingerprint density at radius 1 is 0.517 bits per heavy atom. The van der Waals surface area contributed by atoms with E-state index in [9.17, 15) is 0 Å². The van der Waals surface area contributed by atoms with E-state index in [1.807, 2.05) is 24.3 Å². The molecule has 0 radical (unpaired) electrons. The molecule has 2 aromatic heterocycles. The molecule has 0 aliphatic heterocycles. The molecule has 29 heavy (non-hydrogen) atoms. The first-order valence-electron chi connectivity index (χ1n) is 9.70. The molecule has 3 nitrogen and oxygen atoms in total. The first-order chi connectivity index (χ1) is 14.4. The summed E-state index contributed by atoms with van der Waals surface area (Å²) in [5.74, 6) is 0.908. The normalized spacial score (nSPS) is 11.4. The third-order valence-corrected chi connectivity index (χ3v) is 5.37. The van der Waals surface area contributed by atoms with Gasteiger partial charge in [0, 0.05) is 10.9 Å². The van der Waals surface area contributed by atoms with Crippen LogP contribution >= 0.6 is 0 Å². The largest absolute Gasteiger partial charge is 0.276 e. The van der Waals surface area contributed by atoms with Crippen molar-refractivity contribution in [2.24, 2.45) is 0 Å². The third-order valence-electron chi connectivity index (χ3n) is 5.37.